The fourth-order valence-corrected chi connectivity index (χ4v) is 4.28. The fraction of sp³-hybridized carbons (Fsp3) is 0.684. The molecule has 0 heterocycles. The van der Waals surface area contributed by atoms with Crippen LogP contribution in [-0.4, -0.2) is 25.0 Å². The third-order valence-electron chi connectivity index (χ3n) is 5.12. The molecular formula is C19H30ClN. The van der Waals surface area contributed by atoms with Gasteiger partial charge in [-0.2, -0.15) is 0 Å². The van der Waals surface area contributed by atoms with Crippen molar-refractivity contribution in [3.05, 3.63) is 34.9 Å². The van der Waals surface area contributed by atoms with Crippen molar-refractivity contribution in [1.29, 1.82) is 0 Å². The molecule has 1 aliphatic carbocycles. The third kappa shape index (κ3) is 3.81. The largest absolute Gasteiger partial charge is 0.306 e. The minimum Gasteiger partial charge on any atom is -0.306 e. The second kappa shape index (κ2) is 7.15. The average Bonchev–Trinajstić information content (AvgIpc) is 2.46. The lowest BCUT2D eigenvalue weighted by molar-refractivity contribution is 0.111. The van der Waals surface area contributed by atoms with Crippen LogP contribution in [0.15, 0.2) is 24.3 Å². The van der Waals surface area contributed by atoms with Crippen LogP contribution in [0.3, 0.4) is 0 Å². The summed E-state index contributed by atoms with van der Waals surface area (Å²) in [5.74, 6) is 0.725. The van der Waals surface area contributed by atoms with E-state index in [9.17, 15) is 0 Å². The molecule has 1 atom stereocenters. The minimum atomic E-state index is 0.302. The minimum absolute atomic E-state index is 0.302. The maximum absolute atomic E-state index is 6.11. The number of halogens is 1. The van der Waals surface area contributed by atoms with Gasteiger partial charge in [-0.1, -0.05) is 56.8 Å². The van der Waals surface area contributed by atoms with Crippen molar-refractivity contribution in [2.24, 2.45) is 5.92 Å². The smallest absolute Gasteiger partial charge is 0.0406 e. The van der Waals surface area contributed by atoms with E-state index >= 15 is 0 Å². The van der Waals surface area contributed by atoms with Gasteiger partial charge in [0, 0.05) is 16.5 Å². The molecule has 1 aromatic carbocycles. The van der Waals surface area contributed by atoms with Crippen LogP contribution < -0.4 is 0 Å². The Labute approximate surface area is 135 Å². The van der Waals surface area contributed by atoms with Crippen LogP contribution in [-0.2, 0) is 5.41 Å². The monoisotopic (exact) mass is 307 g/mol. The molecule has 1 fully saturated rings. The molecule has 1 aliphatic rings. The lowest BCUT2D eigenvalue weighted by atomic mass is 9.63. The Morgan fingerprint density at radius 1 is 1.05 bits per heavy atom. The van der Waals surface area contributed by atoms with E-state index in [0.717, 1.165) is 10.9 Å². The molecule has 1 saturated carbocycles. The fourth-order valence-electron chi connectivity index (χ4n) is 4.16. The molecule has 0 aromatic heterocycles. The van der Waals surface area contributed by atoms with Crippen LogP contribution in [0.2, 0.25) is 5.02 Å². The van der Waals surface area contributed by atoms with Crippen LogP contribution in [0.25, 0.3) is 0 Å². The second-order valence-electron chi connectivity index (χ2n) is 7.33. The van der Waals surface area contributed by atoms with Gasteiger partial charge in [0.15, 0.2) is 0 Å². The first-order chi connectivity index (χ1) is 9.95. The molecule has 0 saturated heterocycles. The zero-order valence-electron chi connectivity index (χ0n) is 14.0. The highest BCUT2D eigenvalue weighted by Gasteiger charge is 2.42. The van der Waals surface area contributed by atoms with Gasteiger partial charge in [0.1, 0.15) is 0 Å². The van der Waals surface area contributed by atoms with Crippen LogP contribution in [0.1, 0.15) is 57.9 Å². The molecule has 2 rings (SSSR count). The van der Waals surface area contributed by atoms with Crippen LogP contribution in [0, 0.1) is 5.92 Å². The Morgan fingerprint density at radius 3 is 2.10 bits per heavy atom. The standard InChI is InChI=1S/C19H30ClN/c1-15(2)14-18(21(3)4)19(12-6-5-7-13-19)16-8-10-17(20)11-9-16/h8-11,15,18H,5-7,12-14H2,1-4H3. The number of benzene rings is 1. The van der Waals surface area contributed by atoms with E-state index in [-0.39, 0.29) is 0 Å². The molecule has 0 aliphatic heterocycles. The summed E-state index contributed by atoms with van der Waals surface area (Å²) in [6.07, 6.45) is 7.97. The highest BCUT2D eigenvalue weighted by atomic mass is 35.5. The quantitative estimate of drug-likeness (QED) is 0.692. The van der Waals surface area contributed by atoms with Crippen molar-refractivity contribution < 1.29 is 0 Å². The SMILES string of the molecule is CC(C)CC(N(C)C)C1(c2ccc(Cl)cc2)CCCCC1. The summed E-state index contributed by atoms with van der Waals surface area (Å²) in [7, 11) is 4.50. The maximum atomic E-state index is 6.11. The van der Waals surface area contributed by atoms with Gasteiger partial charge in [-0.3, -0.25) is 0 Å². The molecule has 0 N–H and O–H groups in total. The molecule has 0 spiro atoms. The Bertz CT molecular complexity index is 429. The summed E-state index contributed by atoms with van der Waals surface area (Å²) in [4.78, 5) is 2.46. The van der Waals surface area contributed by atoms with Gasteiger partial charge >= 0.3 is 0 Å². The summed E-state index contributed by atoms with van der Waals surface area (Å²) < 4.78 is 0. The summed E-state index contributed by atoms with van der Waals surface area (Å²) in [5.41, 5.74) is 1.79. The van der Waals surface area contributed by atoms with E-state index in [2.05, 4.69) is 57.1 Å². The summed E-state index contributed by atoms with van der Waals surface area (Å²) in [6, 6.07) is 9.28. The van der Waals surface area contributed by atoms with Crippen molar-refractivity contribution in [3.8, 4) is 0 Å². The number of hydrogen-bond donors (Lipinski definition) is 0. The van der Waals surface area contributed by atoms with Gasteiger partial charge < -0.3 is 4.90 Å². The van der Waals surface area contributed by atoms with E-state index in [0.29, 0.717) is 11.5 Å². The van der Waals surface area contributed by atoms with E-state index in [1.165, 1.54) is 44.1 Å². The van der Waals surface area contributed by atoms with Crippen LogP contribution >= 0.6 is 11.6 Å². The molecule has 1 aromatic rings. The summed E-state index contributed by atoms with van der Waals surface area (Å²) in [6.45, 7) is 4.68. The second-order valence-corrected chi connectivity index (χ2v) is 7.77. The van der Waals surface area contributed by atoms with E-state index in [1.807, 2.05) is 0 Å². The molecule has 1 nitrogen and oxygen atoms in total. The molecule has 21 heavy (non-hydrogen) atoms. The highest BCUT2D eigenvalue weighted by Crippen LogP contribution is 2.45. The highest BCUT2D eigenvalue weighted by molar-refractivity contribution is 6.30. The zero-order valence-corrected chi connectivity index (χ0v) is 14.8. The number of nitrogens with zero attached hydrogens (tertiary/aromatic N) is 1. The van der Waals surface area contributed by atoms with Crippen molar-refractivity contribution >= 4 is 11.6 Å². The van der Waals surface area contributed by atoms with Gasteiger partial charge in [0.05, 0.1) is 0 Å². The number of rotatable bonds is 5. The Kier molecular flexibility index (Phi) is 5.73. The lowest BCUT2D eigenvalue weighted by Gasteiger charge is -2.48. The van der Waals surface area contributed by atoms with Crippen LogP contribution in [0.4, 0.5) is 0 Å². The summed E-state index contributed by atoms with van der Waals surface area (Å²) in [5, 5.41) is 0.843. The molecule has 2 heteroatoms. The molecule has 0 radical (unpaired) electrons. The Hall–Kier alpha value is -0.530. The maximum Gasteiger partial charge on any atom is 0.0406 e. The third-order valence-corrected chi connectivity index (χ3v) is 5.37. The number of likely N-dealkylation sites (N-methyl/N-ethyl adjacent to an activating group) is 1. The first-order valence-electron chi connectivity index (χ1n) is 8.38. The molecule has 0 amide bonds. The lowest BCUT2D eigenvalue weighted by Crippen LogP contribution is -2.49. The summed E-state index contributed by atoms with van der Waals surface area (Å²) >= 11 is 6.11. The first-order valence-corrected chi connectivity index (χ1v) is 8.76. The van der Waals surface area contributed by atoms with Crippen molar-refractivity contribution in [2.75, 3.05) is 14.1 Å². The van der Waals surface area contributed by atoms with Gasteiger partial charge in [0.25, 0.3) is 0 Å². The topological polar surface area (TPSA) is 3.24 Å². The van der Waals surface area contributed by atoms with Gasteiger partial charge in [-0.15, -0.1) is 0 Å². The van der Waals surface area contributed by atoms with Crippen molar-refractivity contribution in [2.45, 2.75) is 63.8 Å². The van der Waals surface area contributed by atoms with Crippen molar-refractivity contribution in [1.82, 2.24) is 4.90 Å². The van der Waals surface area contributed by atoms with Gasteiger partial charge in [-0.25, -0.2) is 0 Å². The van der Waals surface area contributed by atoms with Crippen molar-refractivity contribution in [3.63, 3.8) is 0 Å². The number of hydrogen-bond acceptors (Lipinski definition) is 1. The molecular weight excluding hydrogens is 278 g/mol. The average molecular weight is 308 g/mol. The zero-order chi connectivity index (χ0) is 15.5. The predicted molar refractivity (Wildman–Crippen MR) is 93.1 cm³/mol. The predicted octanol–water partition coefficient (Wildman–Crippen LogP) is 5.52. The van der Waals surface area contributed by atoms with Gasteiger partial charge in [0.2, 0.25) is 0 Å². The van der Waals surface area contributed by atoms with E-state index in [1.54, 1.807) is 0 Å². The van der Waals surface area contributed by atoms with Crippen LogP contribution in [0.5, 0.6) is 0 Å². The first kappa shape index (κ1) is 16.8. The molecule has 1 unspecified atom stereocenters. The Balaban J connectivity index is 2.41. The van der Waals surface area contributed by atoms with Gasteiger partial charge in [-0.05, 0) is 57.0 Å². The molecule has 0 bridgehead atoms. The van der Waals surface area contributed by atoms with E-state index < -0.39 is 0 Å². The molecule has 118 valence electrons. The Morgan fingerprint density at radius 2 is 1.62 bits per heavy atom. The normalized spacial score (nSPS) is 20.0. The van der Waals surface area contributed by atoms with E-state index in [4.69, 9.17) is 11.6 Å².